The van der Waals surface area contributed by atoms with Crippen molar-refractivity contribution in [3.05, 3.63) is 46.8 Å². The van der Waals surface area contributed by atoms with Crippen LogP contribution in [0.5, 0.6) is 0 Å². The van der Waals surface area contributed by atoms with Crippen LogP contribution in [0, 0.1) is 15.9 Å². The van der Waals surface area contributed by atoms with Gasteiger partial charge in [0.1, 0.15) is 0 Å². The summed E-state index contributed by atoms with van der Waals surface area (Å²) in [5, 5.41) is 10.4. The summed E-state index contributed by atoms with van der Waals surface area (Å²) in [6.45, 7) is 3.56. The number of hydrogen-bond acceptors (Lipinski definition) is 4. The first-order valence-electron chi connectivity index (χ1n) is 4.93. The molecule has 0 spiro atoms. The van der Waals surface area contributed by atoms with Crippen LogP contribution < -0.4 is 4.72 Å². The van der Waals surface area contributed by atoms with Crippen molar-refractivity contribution in [1.82, 2.24) is 4.72 Å². The Morgan fingerprint density at radius 2 is 2.17 bits per heavy atom. The lowest BCUT2D eigenvalue weighted by Gasteiger charge is -2.05. The number of rotatable bonds is 6. The fraction of sp³-hybridized carbons (Fsp3) is 0.200. The Balaban J connectivity index is 3.00. The van der Waals surface area contributed by atoms with E-state index in [1.807, 2.05) is 0 Å². The molecule has 0 saturated carbocycles. The van der Waals surface area contributed by atoms with Crippen LogP contribution in [0.2, 0.25) is 0 Å². The third-order valence-electron chi connectivity index (χ3n) is 2.07. The van der Waals surface area contributed by atoms with E-state index in [1.54, 1.807) is 0 Å². The molecule has 0 aliphatic rings. The van der Waals surface area contributed by atoms with Gasteiger partial charge in [-0.15, -0.1) is 6.58 Å². The Morgan fingerprint density at radius 1 is 1.50 bits per heavy atom. The van der Waals surface area contributed by atoms with Crippen molar-refractivity contribution in [2.45, 2.75) is 11.3 Å². The molecule has 0 heterocycles. The molecule has 98 valence electrons. The van der Waals surface area contributed by atoms with Crippen LogP contribution >= 0.6 is 0 Å². The van der Waals surface area contributed by atoms with Crippen LogP contribution in [0.25, 0.3) is 0 Å². The van der Waals surface area contributed by atoms with Gasteiger partial charge in [0.25, 0.3) is 0 Å². The first-order valence-corrected chi connectivity index (χ1v) is 6.41. The van der Waals surface area contributed by atoms with Crippen molar-refractivity contribution >= 4 is 15.7 Å². The molecule has 1 aromatic carbocycles. The number of halogens is 1. The Hall–Kier alpha value is -1.80. The molecule has 1 aromatic rings. The summed E-state index contributed by atoms with van der Waals surface area (Å²) in [7, 11) is -3.86. The van der Waals surface area contributed by atoms with Gasteiger partial charge in [-0.2, -0.15) is 4.39 Å². The van der Waals surface area contributed by atoms with Crippen LogP contribution in [0.3, 0.4) is 0 Å². The molecule has 18 heavy (non-hydrogen) atoms. The molecule has 0 bridgehead atoms. The lowest BCUT2D eigenvalue weighted by atomic mass is 10.3. The van der Waals surface area contributed by atoms with Gasteiger partial charge in [0.05, 0.1) is 9.82 Å². The molecule has 0 fully saturated rings. The zero-order valence-corrected chi connectivity index (χ0v) is 10.1. The molecule has 0 saturated heterocycles. The zero-order valence-electron chi connectivity index (χ0n) is 9.30. The fourth-order valence-electron chi connectivity index (χ4n) is 1.18. The van der Waals surface area contributed by atoms with Crippen molar-refractivity contribution in [3.8, 4) is 0 Å². The van der Waals surface area contributed by atoms with Crippen molar-refractivity contribution in [2.75, 3.05) is 6.54 Å². The molecule has 0 atom stereocenters. The second-order valence-electron chi connectivity index (χ2n) is 3.35. The zero-order chi connectivity index (χ0) is 13.8. The highest BCUT2D eigenvalue weighted by molar-refractivity contribution is 7.89. The third-order valence-corrected chi connectivity index (χ3v) is 3.53. The van der Waals surface area contributed by atoms with E-state index < -0.39 is 26.5 Å². The van der Waals surface area contributed by atoms with Gasteiger partial charge in [0.15, 0.2) is 0 Å². The van der Waals surface area contributed by atoms with Gasteiger partial charge in [-0.1, -0.05) is 6.08 Å². The number of nitrogens with zero attached hydrogens (tertiary/aromatic N) is 1. The quantitative estimate of drug-likeness (QED) is 0.369. The Morgan fingerprint density at radius 3 is 2.67 bits per heavy atom. The van der Waals surface area contributed by atoms with Gasteiger partial charge in [-0.3, -0.25) is 10.1 Å². The maximum atomic E-state index is 13.3. The van der Waals surface area contributed by atoms with Crippen LogP contribution in [-0.4, -0.2) is 19.9 Å². The smallest absolute Gasteiger partial charge is 0.258 e. The van der Waals surface area contributed by atoms with E-state index in [0.717, 1.165) is 12.1 Å². The van der Waals surface area contributed by atoms with Gasteiger partial charge in [-0.05, 0) is 12.5 Å². The number of hydrogen-bond donors (Lipinski definition) is 1. The Bertz CT molecular complexity index is 571. The predicted octanol–water partition coefficient (Wildman–Crippen LogP) is 1.59. The minimum absolute atomic E-state index is 0.129. The second-order valence-corrected chi connectivity index (χ2v) is 5.11. The minimum Gasteiger partial charge on any atom is -0.258 e. The molecule has 1 N–H and O–H groups in total. The summed E-state index contributed by atoms with van der Waals surface area (Å²) in [5.41, 5.74) is -0.764. The fourth-order valence-corrected chi connectivity index (χ4v) is 2.24. The number of benzene rings is 1. The standard InChI is InChI=1S/C10H11FN2O4S/c1-2-3-6-12-18(16,17)8-4-5-10(13(14)15)9(11)7-8/h2,4-5,7,12H,1,3,6H2. The summed E-state index contributed by atoms with van der Waals surface area (Å²) >= 11 is 0. The molecule has 0 amide bonds. The lowest BCUT2D eigenvalue weighted by molar-refractivity contribution is -0.387. The van der Waals surface area contributed by atoms with Crippen molar-refractivity contribution in [2.24, 2.45) is 0 Å². The van der Waals surface area contributed by atoms with Gasteiger partial charge in [0.2, 0.25) is 15.8 Å². The van der Waals surface area contributed by atoms with Crippen LogP contribution in [0.15, 0.2) is 35.7 Å². The van der Waals surface area contributed by atoms with Crippen molar-refractivity contribution < 1.29 is 17.7 Å². The summed E-state index contributed by atoms with van der Waals surface area (Å²) in [6.07, 6.45) is 1.95. The predicted molar refractivity (Wildman–Crippen MR) is 63.1 cm³/mol. The van der Waals surface area contributed by atoms with E-state index in [-0.39, 0.29) is 11.4 Å². The monoisotopic (exact) mass is 274 g/mol. The molecule has 0 aliphatic carbocycles. The third kappa shape index (κ3) is 3.34. The molecule has 6 nitrogen and oxygen atoms in total. The molecule has 0 radical (unpaired) electrons. The van der Waals surface area contributed by atoms with Crippen LogP contribution in [-0.2, 0) is 10.0 Å². The molecular weight excluding hydrogens is 263 g/mol. The van der Waals surface area contributed by atoms with Gasteiger partial charge >= 0.3 is 5.69 Å². The molecule has 0 unspecified atom stereocenters. The summed E-state index contributed by atoms with van der Waals surface area (Å²) < 4.78 is 38.8. The van der Waals surface area contributed by atoms with Gasteiger partial charge in [-0.25, -0.2) is 13.1 Å². The van der Waals surface area contributed by atoms with Crippen molar-refractivity contribution in [1.29, 1.82) is 0 Å². The highest BCUT2D eigenvalue weighted by atomic mass is 32.2. The summed E-state index contributed by atoms with van der Waals surface area (Å²) in [4.78, 5) is 9.11. The molecule has 1 rings (SSSR count). The highest BCUT2D eigenvalue weighted by Gasteiger charge is 2.19. The highest BCUT2D eigenvalue weighted by Crippen LogP contribution is 2.20. The number of sulfonamides is 1. The topological polar surface area (TPSA) is 89.3 Å². The van der Waals surface area contributed by atoms with E-state index in [0.29, 0.717) is 12.5 Å². The van der Waals surface area contributed by atoms with Crippen LogP contribution in [0.1, 0.15) is 6.42 Å². The van der Waals surface area contributed by atoms with Crippen LogP contribution in [0.4, 0.5) is 10.1 Å². The van der Waals surface area contributed by atoms with Gasteiger partial charge < -0.3 is 0 Å². The molecule has 8 heteroatoms. The van der Waals surface area contributed by atoms with E-state index in [4.69, 9.17) is 0 Å². The number of nitrogens with one attached hydrogen (secondary N) is 1. The first-order chi connectivity index (χ1) is 8.38. The van der Waals surface area contributed by atoms with E-state index in [9.17, 15) is 22.9 Å². The maximum Gasteiger partial charge on any atom is 0.304 e. The SMILES string of the molecule is C=CCCNS(=O)(=O)c1ccc([N+](=O)[O-])c(F)c1. The molecule has 0 aliphatic heterocycles. The van der Waals surface area contributed by atoms with E-state index in [1.165, 1.54) is 6.08 Å². The average molecular weight is 274 g/mol. The lowest BCUT2D eigenvalue weighted by Crippen LogP contribution is -2.24. The normalized spacial score (nSPS) is 11.2. The second kappa shape index (κ2) is 5.69. The van der Waals surface area contributed by atoms with E-state index >= 15 is 0 Å². The van der Waals surface area contributed by atoms with Gasteiger partial charge in [0, 0.05) is 18.7 Å². The summed E-state index contributed by atoms with van der Waals surface area (Å²) in [5.74, 6) is -1.19. The largest absolute Gasteiger partial charge is 0.304 e. The molecular formula is C10H11FN2O4S. The first kappa shape index (κ1) is 14.3. The minimum atomic E-state index is -3.86. The number of nitro groups is 1. The van der Waals surface area contributed by atoms with Crippen molar-refractivity contribution in [3.63, 3.8) is 0 Å². The maximum absolute atomic E-state index is 13.3. The average Bonchev–Trinajstić information content (AvgIpc) is 2.28. The Labute approximate surface area is 103 Å². The van der Waals surface area contributed by atoms with E-state index in [2.05, 4.69) is 11.3 Å². The Kier molecular flexibility index (Phi) is 4.51. The number of nitro benzene ring substituents is 1. The summed E-state index contributed by atoms with van der Waals surface area (Å²) in [6, 6.07) is 2.42. The molecule has 0 aromatic heterocycles.